The molecule has 7 rings (SSSR count). The molecule has 5 heteroatoms. The molecule has 2 amide bonds. The molecule has 0 radical (unpaired) electrons. The first-order chi connectivity index (χ1) is 22.5. The van der Waals surface area contributed by atoms with Crippen LogP contribution in [0.2, 0.25) is 0 Å². The molecule has 1 atom stereocenters. The fraction of sp³-hybridized carbons (Fsp3) is 0.244. The Labute approximate surface area is 270 Å². The first-order valence-electron chi connectivity index (χ1n) is 16.4. The topological polar surface area (TPSA) is 55.2 Å². The van der Waals surface area contributed by atoms with Crippen molar-refractivity contribution in [2.75, 3.05) is 0 Å². The summed E-state index contributed by atoms with van der Waals surface area (Å²) in [4.78, 5) is 35.0. The molecule has 1 fully saturated rings. The van der Waals surface area contributed by atoms with Gasteiger partial charge in [-0.15, -0.1) is 0 Å². The maximum atomic E-state index is 14.6. The van der Waals surface area contributed by atoms with Gasteiger partial charge in [0.25, 0.3) is 5.91 Å². The van der Waals surface area contributed by atoms with E-state index in [4.69, 9.17) is 4.98 Å². The molecule has 0 N–H and O–H groups in total. The molecule has 1 aliphatic carbocycles. The van der Waals surface area contributed by atoms with Crippen molar-refractivity contribution >= 4 is 33.8 Å². The van der Waals surface area contributed by atoms with Gasteiger partial charge >= 0.3 is 0 Å². The van der Waals surface area contributed by atoms with Gasteiger partial charge < -0.3 is 4.57 Å². The van der Waals surface area contributed by atoms with Crippen molar-refractivity contribution in [1.29, 1.82) is 0 Å². The summed E-state index contributed by atoms with van der Waals surface area (Å²) in [6.45, 7) is 5.13. The Balaban J connectivity index is 1.24. The van der Waals surface area contributed by atoms with E-state index < -0.39 is 0 Å². The third kappa shape index (κ3) is 5.74. The van der Waals surface area contributed by atoms with Gasteiger partial charge in [0.2, 0.25) is 5.91 Å². The molecule has 1 unspecified atom stereocenters. The molecule has 5 nitrogen and oxygen atoms in total. The van der Waals surface area contributed by atoms with Crippen LogP contribution in [-0.4, -0.2) is 26.3 Å². The summed E-state index contributed by atoms with van der Waals surface area (Å²) in [5.74, 6) is -0.547. The van der Waals surface area contributed by atoms with Crippen molar-refractivity contribution in [3.05, 3.63) is 149 Å². The molecule has 0 spiro atoms. The smallest absolute Gasteiger partial charge is 0.260 e. The minimum absolute atomic E-state index is 0.116. The largest absolute Gasteiger partial charge is 0.321 e. The Morgan fingerprint density at radius 2 is 1.46 bits per heavy atom. The van der Waals surface area contributed by atoms with Gasteiger partial charge in [-0.3, -0.25) is 14.5 Å². The second-order valence-electron chi connectivity index (χ2n) is 12.7. The van der Waals surface area contributed by atoms with Crippen molar-refractivity contribution in [2.24, 2.45) is 5.92 Å². The summed E-state index contributed by atoms with van der Waals surface area (Å²) >= 11 is 0. The van der Waals surface area contributed by atoms with Crippen LogP contribution in [-0.2, 0) is 17.9 Å². The molecular formula is C41H39N3O2. The fourth-order valence-electron chi connectivity index (χ4n) is 7.38. The number of benzene rings is 4. The molecule has 0 saturated heterocycles. The van der Waals surface area contributed by atoms with E-state index in [2.05, 4.69) is 66.1 Å². The van der Waals surface area contributed by atoms with Crippen LogP contribution in [0.1, 0.15) is 69.9 Å². The second-order valence-corrected chi connectivity index (χ2v) is 12.7. The van der Waals surface area contributed by atoms with Crippen LogP contribution in [0.4, 0.5) is 0 Å². The molecule has 6 aromatic rings. The summed E-state index contributed by atoms with van der Waals surface area (Å²) in [5, 5.41) is 2.42. The minimum Gasteiger partial charge on any atom is -0.321 e. The molecule has 1 aliphatic rings. The number of fused-ring (bicyclic) bond motifs is 3. The maximum Gasteiger partial charge on any atom is 0.260 e. The van der Waals surface area contributed by atoms with Gasteiger partial charge in [-0.2, -0.15) is 0 Å². The summed E-state index contributed by atoms with van der Waals surface area (Å²) in [7, 11) is 0. The van der Waals surface area contributed by atoms with E-state index in [1.54, 1.807) is 12.1 Å². The van der Waals surface area contributed by atoms with Crippen LogP contribution < -0.4 is 0 Å². The monoisotopic (exact) mass is 605 g/mol. The standard InChI is InChI=1S/C41H39N3O2/c1-28-25-29(2)42-39-37(28)35-19-11-12-20-36(35)43(39)26-31-21-23-33(24-22-31)38(32-15-9-10-16-32)41(46)44(27-30-13-5-3-6-14-30)40(45)34-17-7-4-8-18-34/h3-8,11-14,17-25,32,38H,9-10,15-16,26-27H2,1-2H3. The van der Waals surface area contributed by atoms with Crippen LogP contribution in [0.25, 0.3) is 21.9 Å². The van der Waals surface area contributed by atoms with Gasteiger partial charge in [-0.05, 0) is 79.1 Å². The number of carbonyl (C=O) groups is 2. The van der Waals surface area contributed by atoms with Crippen LogP contribution in [0, 0.1) is 19.8 Å². The molecule has 2 aromatic heterocycles. The van der Waals surface area contributed by atoms with Gasteiger partial charge in [-0.1, -0.05) is 104 Å². The van der Waals surface area contributed by atoms with E-state index in [1.165, 1.54) is 21.2 Å². The number of hydrogen-bond donors (Lipinski definition) is 0. The number of aryl methyl sites for hydroxylation is 2. The average molecular weight is 606 g/mol. The van der Waals surface area contributed by atoms with E-state index in [1.807, 2.05) is 55.5 Å². The van der Waals surface area contributed by atoms with Crippen LogP contribution >= 0.6 is 0 Å². The highest BCUT2D eigenvalue weighted by molar-refractivity contribution is 6.08. The second kappa shape index (κ2) is 12.8. The first-order valence-corrected chi connectivity index (χ1v) is 16.4. The Morgan fingerprint density at radius 3 is 2.17 bits per heavy atom. The fourth-order valence-corrected chi connectivity index (χ4v) is 7.38. The molecule has 230 valence electrons. The molecule has 2 heterocycles. The average Bonchev–Trinajstić information content (AvgIpc) is 3.72. The lowest BCUT2D eigenvalue weighted by Gasteiger charge is -2.30. The predicted octanol–water partition coefficient (Wildman–Crippen LogP) is 9.00. The lowest BCUT2D eigenvalue weighted by atomic mass is 9.83. The summed E-state index contributed by atoms with van der Waals surface area (Å²) < 4.78 is 2.30. The molecule has 0 aliphatic heterocycles. The van der Waals surface area contributed by atoms with E-state index in [0.717, 1.165) is 59.2 Å². The van der Waals surface area contributed by atoms with Crippen molar-refractivity contribution in [2.45, 2.75) is 58.5 Å². The molecule has 46 heavy (non-hydrogen) atoms. The number of amides is 2. The summed E-state index contributed by atoms with van der Waals surface area (Å²) in [6.07, 6.45) is 4.19. The number of hydrogen-bond acceptors (Lipinski definition) is 3. The SMILES string of the molecule is Cc1cc(C)c2c3ccccc3n(Cc3ccc(C(C(=O)N(Cc4ccccc4)C(=O)c4ccccc4)C4CCCC4)cc3)c2n1. The number of aromatic nitrogens is 2. The van der Waals surface area contributed by atoms with Gasteiger partial charge in [0.1, 0.15) is 5.65 Å². The molecular weight excluding hydrogens is 566 g/mol. The van der Waals surface area contributed by atoms with Crippen molar-refractivity contribution in [3.8, 4) is 0 Å². The number of imide groups is 1. The molecule has 4 aromatic carbocycles. The minimum atomic E-state index is -0.381. The highest BCUT2D eigenvalue weighted by atomic mass is 16.2. The van der Waals surface area contributed by atoms with E-state index >= 15 is 0 Å². The van der Waals surface area contributed by atoms with Crippen molar-refractivity contribution in [1.82, 2.24) is 14.5 Å². The Kier molecular flexibility index (Phi) is 8.23. The number of para-hydroxylation sites is 1. The maximum absolute atomic E-state index is 14.6. The van der Waals surface area contributed by atoms with Crippen LogP contribution in [0.5, 0.6) is 0 Å². The number of nitrogens with zero attached hydrogens (tertiary/aromatic N) is 3. The quantitative estimate of drug-likeness (QED) is 0.174. The number of carbonyl (C=O) groups excluding carboxylic acids is 2. The third-order valence-electron chi connectivity index (χ3n) is 9.58. The van der Waals surface area contributed by atoms with Gasteiger partial charge in [0.15, 0.2) is 0 Å². The lowest BCUT2D eigenvalue weighted by Crippen LogP contribution is -2.41. The number of rotatable bonds is 8. The zero-order valence-electron chi connectivity index (χ0n) is 26.5. The van der Waals surface area contributed by atoms with Gasteiger partial charge in [0, 0.05) is 28.6 Å². The first kappa shape index (κ1) is 29.7. The third-order valence-corrected chi connectivity index (χ3v) is 9.58. The lowest BCUT2D eigenvalue weighted by molar-refractivity contribution is -0.132. The van der Waals surface area contributed by atoms with Crippen LogP contribution in [0.3, 0.4) is 0 Å². The van der Waals surface area contributed by atoms with Crippen molar-refractivity contribution < 1.29 is 9.59 Å². The van der Waals surface area contributed by atoms with Crippen molar-refractivity contribution in [3.63, 3.8) is 0 Å². The Hall–Kier alpha value is -5.03. The Bertz CT molecular complexity index is 2010. The highest BCUT2D eigenvalue weighted by Crippen LogP contribution is 2.39. The van der Waals surface area contributed by atoms with Crippen LogP contribution in [0.15, 0.2) is 115 Å². The zero-order valence-corrected chi connectivity index (χ0v) is 26.5. The zero-order chi connectivity index (χ0) is 31.6. The van der Waals surface area contributed by atoms with E-state index in [9.17, 15) is 9.59 Å². The number of pyridine rings is 1. The summed E-state index contributed by atoms with van der Waals surface area (Å²) in [6, 6.07) is 38.2. The van der Waals surface area contributed by atoms with Gasteiger partial charge in [0.05, 0.1) is 18.0 Å². The normalized spacial score (nSPS) is 14.1. The van der Waals surface area contributed by atoms with E-state index in [0.29, 0.717) is 12.1 Å². The molecule has 0 bridgehead atoms. The van der Waals surface area contributed by atoms with Gasteiger partial charge in [-0.25, -0.2) is 4.98 Å². The predicted molar refractivity (Wildman–Crippen MR) is 185 cm³/mol. The molecule has 1 saturated carbocycles. The van der Waals surface area contributed by atoms with E-state index in [-0.39, 0.29) is 30.2 Å². The summed E-state index contributed by atoms with van der Waals surface area (Å²) in [5.41, 5.74) is 7.99. The highest BCUT2D eigenvalue weighted by Gasteiger charge is 2.37. The Morgan fingerprint density at radius 1 is 0.804 bits per heavy atom.